The first kappa shape index (κ1) is 15.4. The minimum Gasteiger partial charge on any atom is -0.481 e. The lowest BCUT2D eigenvalue weighted by atomic mass is 9.87. The number of fused-ring (bicyclic) bond motifs is 3. The van der Waals surface area contributed by atoms with Gasteiger partial charge < -0.3 is 14.3 Å². The molecule has 0 aliphatic carbocycles. The lowest BCUT2D eigenvalue weighted by molar-refractivity contribution is -0.143. The summed E-state index contributed by atoms with van der Waals surface area (Å²) < 4.78 is 11.4. The zero-order valence-electron chi connectivity index (χ0n) is 12.7. The molecule has 3 rings (SSSR count). The fourth-order valence-corrected chi connectivity index (χ4v) is 4.04. The van der Waals surface area contributed by atoms with Crippen molar-refractivity contribution in [1.82, 2.24) is 0 Å². The maximum absolute atomic E-state index is 11.7. The van der Waals surface area contributed by atoms with Crippen LogP contribution >= 0.6 is 11.8 Å². The van der Waals surface area contributed by atoms with E-state index in [4.69, 9.17) is 14.3 Å². The van der Waals surface area contributed by atoms with E-state index in [1.54, 1.807) is 17.4 Å². The Morgan fingerprint density at radius 1 is 1.55 bits per heavy atom. The molecule has 2 aliphatic rings. The van der Waals surface area contributed by atoms with Crippen LogP contribution in [-0.2, 0) is 14.3 Å². The Hall–Kier alpha value is -1.47. The number of hydrogen-bond donors (Lipinski definition) is 1. The van der Waals surface area contributed by atoms with E-state index < -0.39 is 12.1 Å². The number of anilines is 1. The Balaban J connectivity index is 1.83. The van der Waals surface area contributed by atoms with Crippen molar-refractivity contribution in [2.45, 2.75) is 50.5 Å². The molecular weight excluding hydrogens is 306 g/mol. The molecule has 1 amide bonds. The second-order valence-electron chi connectivity index (χ2n) is 6.69. The van der Waals surface area contributed by atoms with Gasteiger partial charge in [0, 0.05) is 0 Å². The average molecular weight is 325 g/mol. The third-order valence-electron chi connectivity index (χ3n) is 3.98. The van der Waals surface area contributed by atoms with Gasteiger partial charge in [0.25, 0.3) is 0 Å². The van der Waals surface area contributed by atoms with Gasteiger partial charge >= 0.3 is 5.97 Å². The van der Waals surface area contributed by atoms with Crippen LogP contribution in [0.15, 0.2) is 16.9 Å². The van der Waals surface area contributed by atoms with Crippen molar-refractivity contribution in [2.24, 2.45) is 5.41 Å². The number of β-lactam (4-membered cyclic amide) rings is 1. The van der Waals surface area contributed by atoms with E-state index >= 15 is 0 Å². The first-order valence-corrected chi connectivity index (χ1v) is 8.12. The van der Waals surface area contributed by atoms with Crippen molar-refractivity contribution >= 4 is 29.3 Å². The van der Waals surface area contributed by atoms with Gasteiger partial charge in [-0.05, 0) is 5.41 Å². The molecule has 2 unspecified atom stereocenters. The summed E-state index contributed by atoms with van der Waals surface area (Å²) in [6, 6.07) is 0. The molecule has 3 atom stereocenters. The van der Waals surface area contributed by atoms with Crippen LogP contribution in [0.5, 0.6) is 0 Å². The molecule has 22 heavy (non-hydrogen) atoms. The fraction of sp³-hybridized carbons (Fsp3) is 0.600. The zero-order chi connectivity index (χ0) is 16.1. The number of carbonyl (C=O) groups excluding carboxylic acids is 1. The Kier molecular flexibility index (Phi) is 3.72. The number of nitrogens with zero attached hydrogens (tertiary/aromatic N) is 1. The Bertz CT molecular complexity index is 605. The monoisotopic (exact) mass is 325 g/mol. The summed E-state index contributed by atoms with van der Waals surface area (Å²) in [6.07, 6.45) is 3.14. The van der Waals surface area contributed by atoms with Crippen LogP contribution in [0.1, 0.15) is 44.6 Å². The van der Waals surface area contributed by atoms with E-state index in [-0.39, 0.29) is 28.6 Å². The Morgan fingerprint density at radius 3 is 2.86 bits per heavy atom. The molecule has 3 heterocycles. The van der Waals surface area contributed by atoms with E-state index in [1.165, 1.54) is 11.8 Å². The SMILES string of the molecule is CC(C)(C)C(CC(=O)O)OC1S[C@H]2CC(=O)N2c2cocc21. The normalized spacial score (nSPS) is 25.2. The molecule has 7 heteroatoms. The van der Waals surface area contributed by atoms with Crippen molar-refractivity contribution in [3.05, 3.63) is 18.1 Å². The quantitative estimate of drug-likeness (QED) is 0.857. The van der Waals surface area contributed by atoms with Crippen molar-refractivity contribution in [3.8, 4) is 0 Å². The number of carboxylic acid groups (broad SMARTS) is 1. The number of ether oxygens (including phenoxy) is 1. The summed E-state index contributed by atoms with van der Waals surface area (Å²) in [7, 11) is 0. The molecule has 1 aromatic rings. The van der Waals surface area contributed by atoms with Gasteiger partial charge in [0.05, 0.1) is 41.8 Å². The average Bonchev–Trinajstić information content (AvgIpc) is 2.83. The summed E-state index contributed by atoms with van der Waals surface area (Å²) in [6.45, 7) is 5.89. The number of hydrogen-bond acceptors (Lipinski definition) is 5. The minimum absolute atomic E-state index is 0.0491. The van der Waals surface area contributed by atoms with E-state index in [0.29, 0.717) is 6.42 Å². The summed E-state index contributed by atoms with van der Waals surface area (Å²) in [5.41, 5.74) is 0.934. The molecule has 0 bridgehead atoms. The molecule has 0 aromatic carbocycles. The van der Waals surface area contributed by atoms with Gasteiger partial charge in [-0.25, -0.2) is 0 Å². The highest BCUT2D eigenvalue weighted by Crippen LogP contribution is 2.52. The van der Waals surface area contributed by atoms with Gasteiger partial charge in [0.2, 0.25) is 5.91 Å². The van der Waals surface area contributed by atoms with Gasteiger partial charge in [0.15, 0.2) is 0 Å². The topological polar surface area (TPSA) is 80.0 Å². The molecule has 0 radical (unpaired) electrons. The zero-order valence-corrected chi connectivity index (χ0v) is 13.6. The summed E-state index contributed by atoms with van der Waals surface area (Å²) >= 11 is 1.53. The maximum atomic E-state index is 11.7. The number of amides is 1. The lowest BCUT2D eigenvalue weighted by Gasteiger charge is -2.46. The smallest absolute Gasteiger partial charge is 0.306 e. The number of furan rings is 1. The third-order valence-corrected chi connectivity index (χ3v) is 5.29. The van der Waals surface area contributed by atoms with Crippen LogP contribution in [-0.4, -0.2) is 28.5 Å². The molecular formula is C15H19NO5S. The van der Waals surface area contributed by atoms with Crippen LogP contribution in [0.4, 0.5) is 5.69 Å². The molecule has 1 fully saturated rings. The van der Waals surface area contributed by atoms with Crippen molar-refractivity contribution in [1.29, 1.82) is 0 Å². The molecule has 2 aliphatic heterocycles. The summed E-state index contributed by atoms with van der Waals surface area (Å²) in [4.78, 5) is 24.5. The molecule has 0 spiro atoms. The Morgan fingerprint density at radius 2 is 2.27 bits per heavy atom. The van der Waals surface area contributed by atoms with Crippen LogP contribution in [0.2, 0.25) is 0 Å². The summed E-state index contributed by atoms with van der Waals surface area (Å²) in [5.74, 6) is -0.801. The molecule has 120 valence electrons. The molecule has 1 saturated heterocycles. The van der Waals surface area contributed by atoms with Gasteiger partial charge in [0.1, 0.15) is 11.7 Å². The van der Waals surface area contributed by atoms with Crippen molar-refractivity contribution < 1.29 is 23.8 Å². The van der Waals surface area contributed by atoms with E-state index in [9.17, 15) is 9.59 Å². The summed E-state index contributed by atoms with van der Waals surface area (Å²) in [5, 5.41) is 9.16. The van der Waals surface area contributed by atoms with Crippen LogP contribution in [0.3, 0.4) is 0 Å². The van der Waals surface area contributed by atoms with Gasteiger partial charge in [-0.2, -0.15) is 0 Å². The highest BCUT2D eigenvalue weighted by Gasteiger charge is 2.47. The number of carboxylic acids is 1. The predicted molar refractivity (Wildman–Crippen MR) is 81.5 cm³/mol. The van der Waals surface area contributed by atoms with Crippen LogP contribution in [0.25, 0.3) is 0 Å². The molecule has 1 N–H and O–H groups in total. The highest BCUT2D eigenvalue weighted by molar-refractivity contribution is 8.00. The third kappa shape index (κ3) is 2.63. The first-order chi connectivity index (χ1) is 10.3. The van der Waals surface area contributed by atoms with Gasteiger partial charge in [-0.1, -0.05) is 32.5 Å². The predicted octanol–water partition coefficient (Wildman–Crippen LogP) is 2.99. The fourth-order valence-electron chi connectivity index (χ4n) is 2.65. The van der Waals surface area contributed by atoms with Crippen molar-refractivity contribution in [3.63, 3.8) is 0 Å². The van der Waals surface area contributed by atoms with Crippen LogP contribution < -0.4 is 4.90 Å². The number of rotatable bonds is 4. The van der Waals surface area contributed by atoms with Gasteiger partial charge in [-0.3, -0.25) is 14.5 Å². The largest absolute Gasteiger partial charge is 0.481 e. The first-order valence-electron chi connectivity index (χ1n) is 7.18. The maximum Gasteiger partial charge on any atom is 0.306 e. The second kappa shape index (κ2) is 5.31. The minimum atomic E-state index is -0.881. The number of thioether (sulfide) groups is 1. The highest BCUT2D eigenvalue weighted by atomic mass is 32.2. The van der Waals surface area contributed by atoms with Gasteiger partial charge in [-0.15, -0.1) is 0 Å². The van der Waals surface area contributed by atoms with E-state index in [1.807, 2.05) is 20.8 Å². The second-order valence-corrected chi connectivity index (χ2v) is 7.94. The Labute approximate surface area is 132 Å². The van der Waals surface area contributed by atoms with E-state index in [2.05, 4.69) is 0 Å². The molecule has 1 aromatic heterocycles. The number of carbonyl (C=O) groups is 2. The lowest BCUT2D eigenvalue weighted by Crippen LogP contribution is -2.53. The molecule has 0 saturated carbocycles. The standard InChI is InChI=1S/C15H19NO5S/c1-15(2,3)10(4-13(18)19)21-14-8-6-20-7-9(8)16-11(17)5-12(16)22-14/h6-7,10,12,14H,4-5H2,1-3H3,(H,18,19)/t10?,12-,14?/m0/s1. The van der Waals surface area contributed by atoms with Crippen molar-refractivity contribution in [2.75, 3.05) is 4.90 Å². The molecule has 6 nitrogen and oxygen atoms in total. The van der Waals surface area contributed by atoms with Crippen LogP contribution in [0, 0.1) is 5.41 Å². The van der Waals surface area contributed by atoms with E-state index in [0.717, 1.165) is 11.3 Å². The number of aliphatic carboxylic acids is 1.